The van der Waals surface area contributed by atoms with Crippen molar-refractivity contribution in [3.05, 3.63) is 17.7 Å². The number of aromatic nitrogens is 2. The molecule has 1 aromatic rings. The van der Waals surface area contributed by atoms with Crippen LogP contribution in [0.3, 0.4) is 0 Å². The molecule has 0 radical (unpaired) electrons. The highest BCUT2D eigenvalue weighted by atomic mass is 16.3. The Bertz CT molecular complexity index is 387. The van der Waals surface area contributed by atoms with Crippen LogP contribution in [0.5, 0.6) is 0 Å². The number of imidazole rings is 1. The smallest absolute Gasteiger partial charge is 0.289 e. The van der Waals surface area contributed by atoms with E-state index < -0.39 is 0 Å². The zero-order valence-electron chi connectivity index (χ0n) is 9.52. The van der Waals surface area contributed by atoms with E-state index in [1.54, 1.807) is 13.2 Å². The Morgan fingerprint density at radius 1 is 1.62 bits per heavy atom. The van der Waals surface area contributed by atoms with Crippen LogP contribution in [-0.2, 0) is 13.0 Å². The van der Waals surface area contributed by atoms with Gasteiger partial charge in [-0.15, -0.1) is 0 Å². The van der Waals surface area contributed by atoms with E-state index >= 15 is 0 Å². The summed E-state index contributed by atoms with van der Waals surface area (Å²) in [6, 6.07) is 0. The number of nitrogens with zero attached hydrogens (tertiary/aromatic N) is 3. The van der Waals surface area contributed by atoms with Crippen LogP contribution < -0.4 is 0 Å². The zero-order valence-corrected chi connectivity index (χ0v) is 9.52. The van der Waals surface area contributed by atoms with Gasteiger partial charge in [-0.2, -0.15) is 0 Å². The van der Waals surface area contributed by atoms with Crippen molar-refractivity contribution in [2.75, 3.05) is 20.2 Å². The third-order valence-corrected chi connectivity index (χ3v) is 2.98. The number of hydrogen-bond donors (Lipinski definition) is 1. The lowest BCUT2D eigenvalue weighted by molar-refractivity contribution is 0.0749. The van der Waals surface area contributed by atoms with Crippen molar-refractivity contribution in [2.24, 2.45) is 0 Å². The molecule has 1 amide bonds. The Morgan fingerprint density at radius 2 is 2.44 bits per heavy atom. The van der Waals surface area contributed by atoms with Gasteiger partial charge in [0.05, 0.1) is 6.61 Å². The summed E-state index contributed by atoms with van der Waals surface area (Å²) in [5.74, 6) is 0.396. The molecular formula is C11H17N3O2. The van der Waals surface area contributed by atoms with Gasteiger partial charge in [0.25, 0.3) is 5.91 Å². The van der Waals surface area contributed by atoms with Gasteiger partial charge in [0.2, 0.25) is 0 Å². The molecule has 88 valence electrons. The molecule has 1 N–H and O–H groups in total. The third kappa shape index (κ3) is 1.95. The highest BCUT2D eigenvalue weighted by Crippen LogP contribution is 2.17. The molecule has 1 aliphatic heterocycles. The predicted octanol–water partition coefficient (Wildman–Crippen LogP) is 0.284. The maximum absolute atomic E-state index is 12.0. The number of rotatable bonds is 3. The Labute approximate surface area is 94.7 Å². The number of aliphatic hydroxyl groups excluding tert-OH is 1. The van der Waals surface area contributed by atoms with Gasteiger partial charge in [0.1, 0.15) is 0 Å². The van der Waals surface area contributed by atoms with Gasteiger partial charge in [-0.05, 0) is 19.3 Å². The summed E-state index contributed by atoms with van der Waals surface area (Å²) in [5, 5.41) is 8.80. The topological polar surface area (TPSA) is 58.4 Å². The van der Waals surface area contributed by atoms with Gasteiger partial charge in [0, 0.05) is 32.0 Å². The minimum atomic E-state index is -0.109. The second-order valence-corrected chi connectivity index (χ2v) is 4.13. The monoisotopic (exact) mass is 223 g/mol. The first-order valence-electron chi connectivity index (χ1n) is 5.64. The van der Waals surface area contributed by atoms with Gasteiger partial charge < -0.3 is 14.6 Å². The maximum atomic E-state index is 12.0. The van der Waals surface area contributed by atoms with E-state index in [0.29, 0.717) is 12.4 Å². The lowest BCUT2D eigenvalue weighted by atomic mass is 10.1. The summed E-state index contributed by atoms with van der Waals surface area (Å²) in [7, 11) is 1.68. The molecule has 0 aliphatic carbocycles. The van der Waals surface area contributed by atoms with E-state index in [1.165, 1.54) is 11.3 Å². The number of likely N-dealkylation sites (N-methyl/N-ethyl adjacent to an activating group) is 1. The van der Waals surface area contributed by atoms with Crippen molar-refractivity contribution in [1.29, 1.82) is 0 Å². The van der Waals surface area contributed by atoms with Crippen molar-refractivity contribution < 1.29 is 9.90 Å². The van der Waals surface area contributed by atoms with Gasteiger partial charge in [-0.25, -0.2) is 4.98 Å². The first-order valence-corrected chi connectivity index (χ1v) is 5.64. The predicted molar refractivity (Wildman–Crippen MR) is 59.2 cm³/mol. The number of carbonyl (C=O) groups is 1. The standard InChI is InChI=1S/C11H17N3O2/c1-13(6-7-15)11(16)10-12-8-9-4-2-3-5-14(9)10/h8,15H,2-7H2,1H3. The number of fused-ring (bicyclic) bond motifs is 1. The van der Waals surface area contributed by atoms with Crippen LogP contribution in [0.25, 0.3) is 0 Å². The fourth-order valence-corrected chi connectivity index (χ4v) is 2.03. The van der Waals surface area contributed by atoms with E-state index in [2.05, 4.69) is 4.98 Å². The van der Waals surface area contributed by atoms with Crippen molar-refractivity contribution in [1.82, 2.24) is 14.5 Å². The molecule has 0 bridgehead atoms. The van der Waals surface area contributed by atoms with Gasteiger partial charge in [-0.3, -0.25) is 4.79 Å². The summed E-state index contributed by atoms with van der Waals surface area (Å²) in [6.45, 7) is 1.21. The Hall–Kier alpha value is -1.36. The van der Waals surface area contributed by atoms with E-state index in [-0.39, 0.29) is 12.5 Å². The quantitative estimate of drug-likeness (QED) is 0.801. The summed E-state index contributed by atoms with van der Waals surface area (Å²) < 4.78 is 2.00. The Kier molecular flexibility index (Phi) is 3.24. The van der Waals surface area contributed by atoms with Gasteiger partial charge >= 0.3 is 0 Å². The first-order chi connectivity index (χ1) is 7.74. The van der Waals surface area contributed by atoms with Crippen LogP contribution in [0, 0.1) is 0 Å². The molecule has 0 saturated heterocycles. The number of aryl methyl sites for hydroxylation is 1. The number of hydrogen-bond acceptors (Lipinski definition) is 3. The highest BCUT2D eigenvalue weighted by Gasteiger charge is 2.21. The summed E-state index contributed by atoms with van der Waals surface area (Å²) in [5.41, 5.74) is 1.15. The molecule has 1 aromatic heterocycles. The van der Waals surface area contributed by atoms with Crippen molar-refractivity contribution in [3.63, 3.8) is 0 Å². The minimum absolute atomic E-state index is 0.0180. The summed E-state index contributed by atoms with van der Waals surface area (Å²) in [6.07, 6.45) is 5.07. The number of aliphatic hydroxyl groups is 1. The fourth-order valence-electron chi connectivity index (χ4n) is 2.03. The molecular weight excluding hydrogens is 206 g/mol. The lowest BCUT2D eigenvalue weighted by Crippen LogP contribution is -2.32. The highest BCUT2D eigenvalue weighted by molar-refractivity contribution is 5.90. The van der Waals surface area contributed by atoms with Crippen LogP contribution in [-0.4, -0.2) is 45.7 Å². The molecule has 0 unspecified atom stereocenters. The van der Waals surface area contributed by atoms with Crippen molar-refractivity contribution in [2.45, 2.75) is 25.8 Å². The van der Waals surface area contributed by atoms with E-state index in [0.717, 1.165) is 25.1 Å². The zero-order chi connectivity index (χ0) is 11.5. The molecule has 2 rings (SSSR count). The normalized spacial score (nSPS) is 14.6. The van der Waals surface area contributed by atoms with Crippen LogP contribution in [0.1, 0.15) is 29.2 Å². The second-order valence-electron chi connectivity index (χ2n) is 4.13. The molecule has 0 aromatic carbocycles. The number of carbonyl (C=O) groups excluding carboxylic acids is 1. The summed E-state index contributed by atoms with van der Waals surface area (Å²) in [4.78, 5) is 17.7. The molecule has 16 heavy (non-hydrogen) atoms. The average molecular weight is 223 g/mol. The van der Waals surface area contributed by atoms with Gasteiger partial charge in [0.15, 0.2) is 5.82 Å². The molecule has 0 saturated carbocycles. The largest absolute Gasteiger partial charge is 0.395 e. The SMILES string of the molecule is CN(CCO)C(=O)c1ncc2n1CCCC2. The van der Waals surface area contributed by atoms with E-state index in [4.69, 9.17) is 5.11 Å². The third-order valence-electron chi connectivity index (χ3n) is 2.98. The maximum Gasteiger partial charge on any atom is 0.289 e. The van der Waals surface area contributed by atoms with Crippen LogP contribution in [0.2, 0.25) is 0 Å². The Balaban J connectivity index is 2.20. The van der Waals surface area contributed by atoms with Crippen molar-refractivity contribution in [3.8, 4) is 0 Å². The first kappa shape index (κ1) is 11.1. The number of amides is 1. The van der Waals surface area contributed by atoms with Gasteiger partial charge in [-0.1, -0.05) is 0 Å². The average Bonchev–Trinajstić information content (AvgIpc) is 2.72. The van der Waals surface area contributed by atoms with Crippen LogP contribution in [0.15, 0.2) is 6.20 Å². The fraction of sp³-hybridized carbons (Fsp3) is 0.636. The molecule has 2 heterocycles. The molecule has 5 nitrogen and oxygen atoms in total. The second kappa shape index (κ2) is 4.65. The molecule has 0 spiro atoms. The van der Waals surface area contributed by atoms with Crippen LogP contribution in [0.4, 0.5) is 0 Å². The lowest BCUT2D eigenvalue weighted by Gasteiger charge is -2.19. The molecule has 0 fully saturated rings. The van der Waals surface area contributed by atoms with Crippen LogP contribution >= 0.6 is 0 Å². The minimum Gasteiger partial charge on any atom is -0.395 e. The molecule has 0 atom stereocenters. The molecule has 5 heteroatoms. The molecule has 1 aliphatic rings. The Morgan fingerprint density at radius 3 is 3.19 bits per heavy atom. The van der Waals surface area contributed by atoms with E-state index in [9.17, 15) is 4.79 Å². The van der Waals surface area contributed by atoms with E-state index in [1.807, 2.05) is 4.57 Å². The van der Waals surface area contributed by atoms with Crippen molar-refractivity contribution >= 4 is 5.91 Å². The summed E-state index contributed by atoms with van der Waals surface area (Å²) >= 11 is 0.